The number of ether oxygens (including phenoxy) is 2. The maximum atomic E-state index is 6.20. The van der Waals surface area contributed by atoms with Gasteiger partial charge in [-0.1, -0.05) is 30.7 Å². The highest BCUT2D eigenvalue weighted by molar-refractivity contribution is 7.99. The SMILES string of the molecule is CCSc1ccccc1NCc1cc(Cl)c2c(c1)OCO2. The number of hydrogen-bond acceptors (Lipinski definition) is 4. The van der Waals surface area contributed by atoms with Gasteiger partial charge in [-0.05, 0) is 35.6 Å². The molecular formula is C16H16ClNO2S. The molecular weight excluding hydrogens is 306 g/mol. The number of para-hydroxylation sites is 1. The van der Waals surface area contributed by atoms with E-state index in [1.807, 2.05) is 30.0 Å². The lowest BCUT2D eigenvalue weighted by Crippen LogP contribution is -2.00. The van der Waals surface area contributed by atoms with Crippen LogP contribution in [0.15, 0.2) is 41.3 Å². The molecule has 0 spiro atoms. The minimum Gasteiger partial charge on any atom is -0.454 e. The van der Waals surface area contributed by atoms with E-state index in [0.717, 1.165) is 22.8 Å². The molecule has 0 saturated heterocycles. The standard InChI is InChI=1S/C16H16ClNO2S/c1-2-21-15-6-4-3-5-13(15)18-9-11-7-12(17)16-14(8-11)19-10-20-16/h3-8,18H,2,9-10H2,1H3. The summed E-state index contributed by atoms with van der Waals surface area (Å²) in [5.74, 6) is 2.41. The van der Waals surface area contributed by atoms with Gasteiger partial charge in [-0.3, -0.25) is 0 Å². The van der Waals surface area contributed by atoms with Crippen LogP contribution in [0.5, 0.6) is 11.5 Å². The first kappa shape index (κ1) is 14.4. The quantitative estimate of drug-likeness (QED) is 0.802. The fourth-order valence-corrected chi connectivity index (χ4v) is 3.28. The van der Waals surface area contributed by atoms with Crippen molar-refractivity contribution in [2.75, 3.05) is 17.9 Å². The molecule has 2 aromatic rings. The molecule has 3 nitrogen and oxygen atoms in total. The molecule has 0 saturated carbocycles. The first-order valence-corrected chi connectivity index (χ1v) is 8.18. The van der Waals surface area contributed by atoms with Crippen LogP contribution in [0.25, 0.3) is 0 Å². The van der Waals surface area contributed by atoms with Gasteiger partial charge in [0.05, 0.1) is 5.02 Å². The Morgan fingerprint density at radius 3 is 2.95 bits per heavy atom. The lowest BCUT2D eigenvalue weighted by atomic mass is 10.2. The van der Waals surface area contributed by atoms with E-state index in [1.54, 1.807) is 0 Å². The maximum absolute atomic E-state index is 6.20. The molecule has 21 heavy (non-hydrogen) atoms. The van der Waals surface area contributed by atoms with Gasteiger partial charge >= 0.3 is 0 Å². The number of anilines is 1. The average Bonchev–Trinajstić information content (AvgIpc) is 2.96. The molecule has 1 aliphatic heterocycles. The zero-order valence-electron chi connectivity index (χ0n) is 11.7. The zero-order valence-corrected chi connectivity index (χ0v) is 13.3. The van der Waals surface area contributed by atoms with Gasteiger partial charge in [0.1, 0.15) is 0 Å². The molecule has 0 atom stereocenters. The second-order valence-electron chi connectivity index (χ2n) is 4.59. The van der Waals surface area contributed by atoms with Gasteiger partial charge < -0.3 is 14.8 Å². The van der Waals surface area contributed by atoms with Gasteiger partial charge in [0.15, 0.2) is 11.5 Å². The molecule has 1 heterocycles. The number of nitrogens with one attached hydrogen (secondary N) is 1. The Morgan fingerprint density at radius 2 is 2.10 bits per heavy atom. The molecule has 0 unspecified atom stereocenters. The summed E-state index contributed by atoms with van der Waals surface area (Å²) in [7, 11) is 0. The molecule has 1 N–H and O–H groups in total. The summed E-state index contributed by atoms with van der Waals surface area (Å²) in [6.45, 7) is 3.08. The summed E-state index contributed by atoms with van der Waals surface area (Å²) in [6, 6.07) is 12.2. The number of halogens is 1. The smallest absolute Gasteiger partial charge is 0.231 e. The van der Waals surface area contributed by atoms with E-state index < -0.39 is 0 Å². The normalized spacial score (nSPS) is 12.5. The van der Waals surface area contributed by atoms with Crippen LogP contribution in [0.2, 0.25) is 5.02 Å². The molecule has 0 radical (unpaired) electrons. The number of hydrogen-bond donors (Lipinski definition) is 1. The van der Waals surface area contributed by atoms with Crippen molar-refractivity contribution in [1.82, 2.24) is 0 Å². The lowest BCUT2D eigenvalue weighted by molar-refractivity contribution is 0.174. The molecule has 0 aromatic heterocycles. The third-order valence-corrected chi connectivity index (χ3v) is 4.39. The van der Waals surface area contributed by atoms with Crippen molar-refractivity contribution in [2.45, 2.75) is 18.4 Å². The van der Waals surface area contributed by atoms with Gasteiger partial charge in [0, 0.05) is 17.1 Å². The highest BCUT2D eigenvalue weighted by Gasteiger charge is 2.18. The van der Waals surface area contributed by atoms with Crippen LogP contribution in [0, 0.1) is 0 Å². The monoisotopic (exact) mass is 321 g/mol. The first-order valence-electron chi connectivity index (χ1n) is 6.81. The van der Waals surface area contributed by atoms with Crippen molar-refractivity contribution in [3.05, 3.63) is 47.0 Å². The van der Waals surface area contributed by atoms with E-state index in [1.165, 1.54) is 4.90 Å². The number of thioether (sulfide) groups is 1. The fourth-order valence-electron chi connectivity index (χ4n) is 2.21. The largest absolute Gasteiger partial charge is 0.454 e. The Kier molecular flexibility index (Phi) is 4.46. The molecule has 0 aliphatic carbocycles. The van der Waals surface area contributed by atoms with Crippen molar-refractivity contribution in [3.63, 3.8) is 0 Å². The predicted molar refractivity (Wildman–Crippen MR) is 87.7 cm³/mol. The van der Waals surface area contributed by atoms with Crippen molar-refractivity contribution in [1.29, 1.82) is 0 Å². The minimum atomic E-state index is 0.238. The summed E-state index contributed by atoms with van der Waals surface area (Å²) in [5.41, 5.74) is 2.21. The minimum absolute atomic E-state index is 0.238. The van der Waals surface area contributed by atoms with Gasteiger partial charge in [-0.25, -0.2) is 0 Å². The van der Waals surface area contributed by atoms with Gasteiger partial charge in [0.25, 0.3) is 0 Å². The van der Waals surface area contributed by atoms with Crippen LogP contribution in [-0.4, -0.2) is 12.5 Å². The molecule has 5 heteroatoms. The van der Waals surface area contributed by atoms with E-state index in [0.29, 0.717) is 17.3 Å². The second kappa shape index (κ2) is 6.50. The average molecular weight is 322 g/mol. The molecule has 2 aromatic carbocycles. The molecule has 0 fully saturated rings. The van der Waals surface area contributed by atoms with Crippen molar-refractivity contribution >= 4 is 29.1 Å². The highest BCUT2D eigenvalue weighted by Crippen LogP contribution is 2.40. The lowest BCUT2D eigenvalue weighted by Gasteiger charge is -2.12. The van der Waals surface area contributed by atoms with Gasteiger partial charge in [-0.2, -0.15) is 0 Å². The summed E-state index contributed by atoms with van der Waals surface area (Å²) in [6.07, 6.45) is 0. The third-order valence-electron chi connectivity index (χ3n) is 3.16. The zero-order chi connectivity index (χ0) is 14.7. The Bertz CT molecular complexity index is 648. The van der Waals surface area contributed by atoms with Crippen molar-refractivity contribution in [2.24, 2.45) is 0 Å². The van der Waals surface area contributed by atoms with Crippen molar-refractivity contribution < 1.29 is 9.47 Å². The fraction of sp³-hybridized carbons (Fsp3) is 0.250. The van der Waals surface area contributed by atoms with E-state index in [9.17, 15) is 0 Å². The molecule has 110 valence electrons. The van der Waals surface area contributed by atoms with Crippen LogP contribution < -0.4 is 14.8 Å². The Hall–Kier alpha value is -1.52. The number of fused-ring (bicyclic) bond motifs is 1. The van der Waals surface area contributed by atoms with Gasteiger partial charge in [-0.15, -0.1) is 11.8 Å². The predicted octanol–water partition coefficient (Wildman–Crippen LogP) is 4.79. The Balaban J connectivity index is 1.75. The van der Waals surface area contributed by atoms with E-state index in [4.69, 9.17) is 21.1 Å². The van der Waals surface area contributed by atoms with Crippen LogP contribution in [0.3, 0.4) is 0 Å². The van der Waals surface area contributed by atoms with E-state index in [-0.39, 0.29) is 6.79 Å². The molecule has 0 bridgehead atoms. The van der Waals surface area contributed by atoms with E-state index in [2.05, 4.69) is 30.4 Å². The summed E-state index contributed by atoms with van der Waals surface area (Å²) < 4.78 is 10.7. The van der Waals surface area contributed by atoms with Crippen LogP contribution in [0.1, 0.15) is 12.5 Å². The Labute approximate surface area is 133 Å². The molecule has 0 amide bonds. The number of rotatable bonds is 5. The summed E-state index contributed by atoms with van der Waals surface area (Å²) >= 11 is 8.03. The van der Waals surface area contributed by atoms with E-state index >= 15 is 0 Å². The topological polar surface area (TPSA) is 30.5 Å². The maximum Gasteiger partial charge on any atom is 0.231 e. The first-order chi connectivity index (χ1) is 10.3. The Morgan fingerprint density at radius 1 is 1.24 bits per heavy atom. The van der Waals surface area contributed by atoms with Gasteiger partial charge in [0.2, 0.25) is 6.79 Å². The second-order valence-corrected chi connectivity index (χ2v) is 6.31. The highest BCUT2D eigenvalue weighted by atomic mass is 35.5. The summed E-state index contributed by atoms with van der Waals surface area (Å²) in [4.78, 5) is 1.26. The van der Waals surface area contributed by atoms with Crippen LogP contribution in [0.4, 0.5) is 5.69 Å². The van der Waals surface area contributed by atoms with Crippen molar-refractivity contribution in [3.8, 4) is 11.5 Å². The third kappa shape index (κ3) is 3.22. The molecule has 3 rings (SSSR count). The number of benzene rings is 2. The van der Waals surface area contributed by atoms with Crippen LogP contribution >= 0.6 is 23.4 Å². The summed E-state index contributed by atoms with van der Waals surface area (Å²) in [5, 5.41) is 4.05. The molecule has 1 aliphatic rings. The van der Waals surface area contributed by atoms with Crippen LogP contribution in [-0.2, 0) is 6.54 Å².